The zero-order chi connectivity index (χ0) is 19.2. The SMILES string of the molecule is CCOC(=O)CCC(=O)N1CCN(c2ccc(-c3noc(C)n3)cn2)CC1. The second kappa shape index (κ2) is 8.61. The number of nitrogens with zero attached hydrogens (tertiary/aromatic N) is 5. The number of ether oxygens (including phenoxy) is 1. The van der Waals surface area contributed by atoms with Crippen LogP contribution in [-0.2, 0) is 14.3 Å². The van der Waals surface area contributed by atoms with Crippen molar-refractivity contribution >= 4 is 17.7 Å². The Kier molecular flexibility index (Phi) is 6.00. The Labute approximate surface area is 157 Å². The lowest BCUT2D eigenvalue weighted by molar-refractivity contribution is -0.145. The molecule has 2 aromatic heterocycles. The van der Waals surface area contributed by atoms with Gasteiger partial charge in [-0.25, -0.2) is 4.98 Å². The third kappa shape index (κ3) is 4.81. The molecule has 1 aliphatic heterocycles. The summed E-state index contributed by atoms with van der Waals surface area (Å²) in [7, 11) is 0. The maximum absolute atomic E-state index is 12.2. The van der Waals surface area contributed by atoms with Crippen molar-refractivity contribution in [3.05, 3.63) is 24.2 Å². The molecular weight excluding hydrogens is 350 g/mol. The van der Waals surface area contributed by atoms with E-state index in [4.69, 9.17) is 9.26 Å². The minimum Gasteiger partial charge on any atom is -0.466 e. The fourth-order valence-electron chi connectivity index (χ4n) is 2.91. The molecule has 9 heteroatoms. The smallest absolute Gasteiger partial charge is 0.306 e. The lowest BCUT2D eigenvalue weighted by Gasteiger charge is -2.35. The van der Waals surface area contributed by atoms with Gasteiger partial charge in [-0.05, 0) is 19.1 Å². The van der Waals surface area contributed by atoms with Gasteiger partial charge >= 0.3 is 5.97 Å². The average Bonchev–Trinajstić information content (AvgIpc) is 3.13. The molecule has 0 aliphatic carbocycles. The van der Waals surface area contributed by atoms with E-state index in [0.29, 0.717) is 44.5 Å². The summed E-state index contributed by atoms with van der Waals surface area (Å²) in [6.07, 6.45) is 2.04. The Balaban J connectivity index is 1.50. The Morgan fingerprint density at radius 1 is 1.19 bits per heavy atom. The fourth-order valence-corrected chi connectivity index (χ4v) is 2.91. The van der Waals surface area contributed by atoms with Gasteiger partial charge in [-0.3, -0.25) is 9.59 Å². The van der Waals surface area contributed by atoms with E-state index < -0.39 is 0 Å². The lowest BCUT2D eigenvalue weighted by Crippen LogP contribution is -2.49. The number of aromatic nitrogens is 3. The Hall–Kier alpha value is -2.97. The molecule has 3 heterocycles. The maximum Gasteiger partial charge on any atom is 0.306 e. The molecule has 1 saturated heterocycles. The summed E-state index contributed by atoms with van der Waals surface area (Å²) in [5, 5.41) is 3.88. The molecule has 0 spiro atoms. The summed E-state index contributed by atoms with van der Waals surface area (Å²) in [5.74, 6) is 1.53. The number of carbonyl (C=O) groups is 2. The van der Waals surface area contributed by atoms with Crippen molar-refractivity contribution in [3.63, 3.8) is 0 Å². The van der Waals surface area contributed by atoms with E-state index in [1.165, 1.54) is 0 Å². The first-order chi connectivity index (χ1) is 13.1. The van der Waals surface area contributed by atoms with Crippen LogP contribution < -0.4 is 4.90 Å². The van der Waals surface area contributed by atoms with Gasteiger partial charge in [0.05, 0.1) is 13.0 Å². The van der Waals surface area contributed by atoms with Gasteiger partial charge in [-0.1, -0.05) is 5.16 Å². The molecule has 0 atom stereocenters. The summed E-state index contributed by atoms with van der Waals surface area (Å²) >= 11 is 0. The van der Waals surface area contributed by atoms with Crippen LogP contribution in [0.1, 0.15) is 25.7 Å². The molecule has 1 amide bonds. The maximum atomic E-state index is 12.2. The molecule has 0 unspecified atom stereocenters. The van der Waals surface area contributed by atoms with Crippen molar-refractivity contribution in [2.24, 2.45) is 0 Å². The zero-order valence-corrected chi connectivity index (χ0v) is 15.6. The van der Waals surface area contributed by atoms with E-state index in [2.05, 4.69) is 20.0 Å². The summed E-state index contributed by atoms with van der Waals surface area (Å²) in [5.41, 5.74) is 0.795. The average molecular weight is 373 g/mol. The second-order valence-corrected chi connectivity index (χ2v) is 6.21. The van der Waals surface area contributed by atoms with Crippen LogP contribution in [0.15, 0.2) is 22.9 Å². The molecule has 3 rings (SSSR count). The molecule has 0 N–H and O–H groups in total. The monoisotopic (exact) mass is 373 g/mol. The van der Waals surface area contributed by atoms with E-state index in [1.54, 1.807) is 24.9 Å². The lowest BCUT2D eigenvalue weighted by atomic mass is 10.2. The normalized spacial score (nSPS) is 14.3. The molecule has 144 valence electrons. The van der Waals surface area contributed by atoms with E-state index in [9.17, 15) is 9.59 Å². The summed E-state index contributed by atoms with van der Waals surface area (Å²) in [6.45, 7) is 6.43. The van der Waals surface area contributed by atoms with Crippen LogP contribution in [0.25, 0.3) is 11.4 Å². The van der Waals surface area contributed by atoms with Crippen LogP contribution in [0.4, 0.5) is 5.82 Å². The van der Waals surface area contributed by atoms with Crippen molar-refractivity contribution in [2.75, 3.05) is 37.7 Å². The van der Waals surface area contributed by atoms with Gasteiger partial charge in [0, 0.05) is 51.3 Å². The molecule has 1 fully saturated rings. The van der Waals surface area contributed by atoms with Crippen LogP contribution in [-0.4, -0.2) is 64.7 Å². The van der Waals surface area contributed by atoms with Crippen LogP contribution in [0.5, 0.6) is 0 Å². The molecule has 0 saturated carbocycles. The first kappa shape index (κ1) is 18.8. The van der Waals surface area contributed by atoms with E-state index in [-0.39, 0.29) is 24.7 Å². The molecule has 9 nitrogen and oxygen atoms in total. The number of anilines is 1. The molecule has 1 aliphatic rings. The van der Waals surface area contributed by atoms with E-state index >= 15 is 0 Å². The van der Waals surface area contributed by atoms with Crippen molar-refractivity contribution in [1.29, 1.82) is 0 Å². The van der Waals surface area contributed by atoms with Gasteiger partial charge < -0.3 is 19.1 Å². The number of hydrogen-bond acceptors (Lipinski definition) is 8. The Morgan fingerprint density at radius 2 is 1.96 bits per heavy atom. The van der Waals surface area contributed by atoms with Crippen LogP contribution >= 0.6 is 0 Å². The largest absolute Gasteiger partial charge is 0.466 e. The summed E-state index contributed by atoms with van der Waals surface area (Å²) < 4.78 is 9.84. The number of hydrogen-bond donors (Lipinski definition) is 0. The number of esters is 1. The molecule has 0 radical (unpaired) electrons. The van der Waals surface area contributed by atoms with Gasteiger partial charge in [0.15, 0.2) is 0 Å². The van der Waals surface area contributed by atoms with Crippen LogP contribution in [0, 0.1) is 6.92 Å². The first-order valence-electron chi connectivity index (χ1n) is 9.02. The van der Waals surface area contributed by atoms with Gasteiger partial charge in [0.25, 0.3) is 0 Å². The molecule has 2 aromatic rings. The van der Waals surface area contributed by atoms with Crippen molar-refractivity contribution in [3.8, 4) is 11.4 Å². The van der Waals surface area contributed by atoms with Gasteiger partial charge in [0.2, 0.25) is 17.6 Å². The highest BCUT2D eigenvalue weighted by atomic mass is 16.5. The standard InChI is InChI=1S/C18H23N5O4/c1-3-26-17(25)7-6-16(24)23-10-8-22(9-11-23)15-5-4-14(12-19-15)18-20-13(2)27-21-18/h4-5,12H,3,6-11H2,1-2H3. The molecule has 0 bridgehead atoms. The molecule has 0 aromatic carbocycles. The zero-order valence-electron chi connectivity index (χ0n) is 15.6. The van der Waals surface area contributed by atoms with Crippen LogP contribution in [0.2, 0.25) is 0 Å². The van der Waals surface area contributed by atoms with Crippen molar-refractivity contribution < 1.29 is 18.8 Å². The molecular formula is C18H23N5O4. The second-order valence-electron chi connectivity index (χ2n) is 6.21. The minimum atomic E-state index is -0.328. The summed E-state index contributed by atoms with van der Waals surface area (Å²) in [6, 6.07) is 3.82. The van der Waals surface area contributed by atoms with E-state index in [1.807, 2.05) is 12.1 Å². The predicted octanol–water partition coefficient (Wildman–Crippen LogP) is 1.43. The van der Waals surface area contributed by atoms with Gasteiger partial charge in [-0.2, -0.15) is 4.98 Å². The third-order valence-electron chi connectivity index (χ3n) is 4.34. The fraction of sp³-hybridized carbons (Fsp3) is 0.500. The summed E-state index contributed by atoms with van der Waals surface area (Å²) in [4.78, 5) is 36.2. The van der Waals surface area contributed by atoms with Gasteiger partial charge in [-0.15, -0.1) is 0 Å². The van der Waals surface area contributed by atoms with Crippen LogP contribution in [0.3, 0.4) is 0 Å². The number of amides is 1. The van der Waals surface area contributed by atoms with Crippen molar-refractivity contribution in [1.82, 2.24) is 20.0 Å². The predicted molar refractivity (Wildman–Crippen MR) is 96.9 cm³/mol. The number of aryl methyl sites for hydroxylation is 1. The topological polar surface area (TPSA) is 102 Å². The number of rotatable bonds is 6. The number of pyridine rings is 1. The number of piperazine rings is 1. The minimum absolute atomic E-state index is 0.0153. The molecule has 27 heavy (non-hydrogen) atoms. The first-order valence-corrected chi connectivity index (χ1v) is 9.02. The van der Waals surface area contributed by atoms with E-state index in [0.717, 1.165) is 11.4 Å². The van der Waals surface area contributed by atoms with Crippen molar-refractivity contribution in [2.45, 2.75) is 26.7 Å². The third-order valence-corrected chi connectivity index (χ3v) is 4.34. The quantitative estimate of drug-likeness (QED) is 0.701. The number of carbonyl (C=O) groups excluding carboxylic acids is 2. The Morgan fingerprint density at radius 3 is 2.56 bits per heavy atom. The van der Waals surface area contributed by atoms with Gasteiger partial charge in [0.1, 0.15) is 5.82 Å². The highest BCUT2D eigenvalue weighted by Gasteiger charge is 2.22. The highest BCUT2D eigenvalue weighted by Crippen LogP contribution is 2.19. The highest BCUT2D eigenvalue weighted by molar-refractivity contribution is 5.81. The Bertz CT molecular complexity index is 781.